The first-order valence-electron chi connectivity index (χ1n) is 10.00. The molecule has 0 unspecified atom stereocenters. The molecule has 31 heavy (non-hydrogen) atoms. The zero-order chi connectivity index (χ0) is 21.8. The van der Waals surface area contributed by atoms with Crippen LogP contribution in [-0.4, -0.2) is 46.0 Å². The molecular formula is C22H22F3N6-. The highest BCUT2D eigenvalue weighted by Gasteiger charge is 2.30. The van der Waals surface area contributed by atoms with E-state index in [0.29, 0.717) is 22.9 Å². The molecule has 1 fully saturated rings. The van der Waals surface area contributed by atoms with Crippen LogP contribution in [0.5, 0.6) is 0 Å². The molecule has 9 heteroatoms. The Morgan fingerprint density at radius 2 is 1.65 bits per heavy atom. The number of rotatable bonds is 5. The summed E-state index contributed by atoms with van der Waals surface area (Å²) in [6, 6.07) is 12.5. The Bertz CT molecular complexity index is 1000. The fraction of sp³-hybridized carbons (Fsp3) is 0.318. The highest BCUT2D eigenvalue weighted by atomic mass is 19.4. The number of nitrogens with one attached hydrogen (secondary N) is 1. The number of anilines is 1. The summed E-state index contributed by atoms with van der Waals surface area (Å²) in [5, 5.41) is 0. The van der Waals surface area contributed by atoms with Gasteiger partial charge >= 0.3 is 6.18 Å². The average Bonchev–Trinajstić information content (AvgIpc) is 2.79. The van der Waals surface area contributed by atoms with Crippen LogP contribution in [0.3, 0.4) is 0 Å². The number of piperazine rings is 1. The summed E-state index contributed by atoms with van der Waals surface area (Å²) in [6.45, 7) is 3.84. The molecule has 0 saturated carbocycles. The molecule has 1 saturated heterocycles. The molecule has 0 bridgehead atoms. The van der Waals surface area contributed by atoms with Gasteiger partial charge in [-0.25, -0.2) is 9.97 Å². The molecule has 6 nitrogen and oxygen atoms in total. The van der Waals surface area contributed by atoms with E-state index in [2.05, 4.69) is 24.8 Å². The third kappa shape index (κ3) is 5.18. The minimum Gasteiger partial charge on any atom is -0.672 e. The van der Waals surface area contributed by atoms with E-state index in [1.165, 1.54) is 12.1 Å². The number of hydrogen-bond donors (Lipinski definition) is 0. The lowest BCUT2D eigenvalue weighted by atomic mass is 10.1. The van der Waals surface area contributed by atoms with Crippen LogP contribution in [-0.2, 0) is 19.3 Å². The van der Waals surface area contributed by atoms with Gasteiger partial charge < -0.3 is 10.6 Å². The molecule has 1 N–H and O–H groups in total. The van der Waals surface area contributed by atoms with Crippen molar-refractivity contribution in [1.29, 1.82) is 0 Å². The van der Waals surface area contributed by atoms with Crippen LogP contribution in [0.1, 0.15) is 17.0 Å². The van der Waals surface area contributed by atoms with Crippen molar-refractivity contribution in [2.45, 2.75) is 19.3 Å². The summed E-state index contributed by atoms with van der Waals surface area (Å²) in [6.07, 6.45) is -2.59. The van der Waals surface area contributed by atoms with Crippen LogP contribution in [0.4, 0.5) is 19.1 Å². The molecule has 0 atom stereocenters. The first-order valence-corrected chi connectivity index (χ1v) is 10.00. The van der Waals surface area contributed by atoms with Crippen LogP contribution in [0, 0.1) is 0 Å². The number of nitrogens with zero attached hydrogens (tertiary/aromatic N) is 5. The standard InChI is InChI=1S/C22H22F3N6/c23-22(24,25)17-6-4-16(5-7-17)20-13-19(14-26)28-21(29-20)31-11-9-30(10-12-31)15-18-3-1-2-8-27-18/h1-8,13,26H,9-12,14-15H2/q-1. The molecule has 3 aromatic rings. The third-order valence-corrected chi connectivity index (χ3v) is 5.22. The maximum atomic E-state index is 12.9. The molecule has 0 aliphatic carbocycles. The highest BCUT2D eigenvalue weighted by Crippen LogP contribution is 2.31. The van der Waals surface area contributed by atoms with Crippen molar-refractivity contribution in [3.63, 3.8) is 0 Å². The second kappa shape index (κ2) is 8.99. The van der Waals surface area contributed by atoms with E-state index in [1.54, 1.807) is 12.3 Å². The topological polar surface area (TPSA) is 69.0 Å². The highest BCUT2D eigenvalue weighted by molar-refractivity contribution is 5.61. The molecule has 0 spiro atoms. The number of alkyl halides is 3. The SMILES string of the molecule is [NH-]Cc1cc(-c2ccc(C(F)(F)F)cc2)nc(N2CCN(Cc3ccccn3)CC2)n1. The zero-order valence-corrected chi connectivity index (χ0v) is 16.8. The summed E-state index contributed by atoms with van der Waals surface area (Å²) in [5.41, 5.74) is 9.67. The van der Waals surface area contributed by atoms with Gasteiger partial charge in [0.05, 0.1) is 17.0 Å². The van der Waals surface area contributed by atoms with Crippen LogP contribution in [0.2, 0.25) is 0 Å². The second-order valence-electron chi connectivity index (χ2n) is 7.38. The number of hydrogen-bond acceptors (Lipinski definition) is 5. The minimum atomic E-state index is -4.38. The van der Waals surface area contributed by atoms with Crippen molar-refractivity contribution in [3.8, 4) is 11.3 Å². The zero-order valence-electron chi connectivity index (χ0n) is 16.8. The average molecular weight is 427 g/mol. The summed E-state index contributed by atoms with van der Waals surface area (Å²) in [4.78, 5) is 17.8. The Morgan fingerprint density at radius 1 is 0.903 bits per heavy atom. The number of benzene rings is 1. The van der Waals surface area contributed by atoms with Crippen molar-refractivity contribution in [2.24, 2.45) is 0 Å². The third-order valence-electron chi connectivity index (χ3n) is 5.22. The van der Waals surface area contributed by atoms with Gasteiger partial charge in [-0.3, -0.25) is 9.88 Å². The van der Waals surface area contributed by atoms with E-state index >= 15 is 0 Å². The van der Waals surface area contributed by atoms with Gasteiger partial charge in [-0.1, -0.05) is 18.2 Å². The van der Waals surface area contributed by atoms with E-state index in [-0.39, 0.29) is 6.54 Å². The number of halogens is 3. The molecular weight excluding hydrogens is 405 g/mol. The van der Waals surface area contributed by atoms with E-state index in [1.807, 2.05) is 18.2 Å². The second-order valence-corrected chi connectivity index (χ2v) is 7.38. The van der Waals surface area contributed by atoms with Crippen molar-refractivity contribution in [2.75, 3.05) is 31.1 Å². The first-order chi connectivity index (χ1) is 14.9. The maximum absolute atomic E-state index is 12.9. The van der Waals surface area contributed by atoms with E-state index in [0.717, 1.165) is 50.6 Å². The van der Waals surface area contributed by atoms with Crippen molar-refractivity contribution in [3.05, 3.63) is 77.4 Å². The van der Waals surface area contributed by atoms with Crippen molar-refractivity contribution < 1.29 is 13.2 Å². The van der Waals surface area contributed by atoms with Crippen LogP contribution in [0.15, 0.2) is 54.7 Å². The van der Waals surface area contributed by atoms with Crippen molar-refractivity contribution in [1.82, 2.24) is 19.9 Å². The minimum absolute atomic E-state index is 0.0250. The first kappa shape index (κ1) is 21.2. The Kier molecular flexibility index (Phi) is 6.15. The number of aromatic nitrogens is 3. The molecule has 4 rings (SSSR count). The molecule has 162 valence electrons. The normalized spacial score (nSPS) is 15.3. The lowest BCUT2D eigenvalue weighted by molar-refractivity contribution is -0.137. The van der Waals surface area contributed by atoms with Gasteiger partial charge in [0, 0.05) is 50.2 Å². The summed E-state index contributed by atoms with van der Waals surface area (Å²) in [5.74, 6) is 0.511. The quantitative estimate of drug-likeness (QED) is 0.603. The summed E-state index contributed by atoms with van der Waals surface area (Å²) in [7, 11) is 0. The molecule has 0 radical (unpaired) electrons. The summed E-state index contributed by atoms with van der Waals surface area (Å²) >= 11 is 0. The molecule has 2 aromatic heterocycles. The summed E-state index contributed by atoms with van der Waals surface area (Å²) < 4.78 is 38.6. The predicted octanol–water partition coefficient (Wildman–Crippen LogP) is 4.43. The predicted molar refractivity (Wildman–Crippen MR) is 112 cm³/mol. The largest absolute Gasteiger partial charge is 0.672 e. The lowest BCUT2D eigenvalue weighted by Crippen LogP contribution is -2.46. The smallest absolute Gasteiger partial charge is 0.416 e. The van der Waals surface area contributed by atoms with Gasteiger partial charge in [0.15, 0.2) is 0 Å². The van der Waals surface area contributed by atoms with Gasteiger partial charge in [-0.15, -0.1) is 6.54 Å². The van der Waals surface area contributed by atoms with Crippen LogP contribution in [0.25, 0.3) is 17.0 Å². The number of pyridine rings is 1. The Balaban J connectivity index is 1.49. The molecule has 3 heterocycles. The molecule has 0 amide bonds. The Morgan fingerprint density at radius 3 is 2.26 bits per heavy atom. The fourth-order valence-corrected chi connectivity index (χ4v) is 3.52. The van der Waals surface area contributed by atoms with Crippen LogP contribution < -0.4 is 4.90 Å². The Labute approximate surface area is 178 Å². The van der Waals surface area contributed by atoms with Gasteiger partial charge in [-0.05, 0) is 30.3 Å². The maximum Gasteiger partial charge on any atom is 0.416 e. The molecule has 1 aliphatic heterocycles. The molecule has 1 aromatic carbocycles. The van der Waals surface area contributed by atoms with Gasteiger partial charge in [0.25, 0.3) is 0 Å². The Hall–Kier alpha value is -3.04. The van der Waals surface area contributed by atoms with Gasteiger partial charge in [-0.2, -0.15) is 13.2 Å². The lowest BCUT2D eigenvalue weighted by Gasteiger charge is -2.34. The van der Waals surface area contributed by atoms with Gasteiger partial charge in [0.2, 0.25) is 5.95 Å². The molecule has 1 aliphatic rings. The van der Waals surface area contributed by atoms with E-state index in [4.69, 9.17) is 5.73 Å². The van der Waals surface area contributed by atoms with Crippen LogP contribution >= 0.6 is 0 Å². The monoisotopic (exact) mass is 427 g/mol. The van der Waals surface area contributed by atoms with E-state index in [9.17, 15) is 13.2 Å². The van der Waals surface area contributed by atoms with E-state index < -0.39 is 11.7 Å². The van der Waals surface area contributed by atoms with Gasteiger partial charge in [0.1, 0.15) is 0 Å². The fourth-order valence-electron chi connectivity index (χ4n) is 3.52. The van der Waals surface area contributed by atoms with Crippen molar-refractivity contribution >= 4 is 5.95 Å².